The van der Waals surface area contributed by atoms with Crippen LogP contribution in [0.25, 0.3) is 0 Å². The van der Waals surface area contributed by atoms with Crippen LogP contribution in [0.5, 0.6) is 0 Å². The van der Waals surface area contributed by atoms with Crippen LogP contribution in [-0.2, 0) is 12.8 Å². The van der Waals surface area contributed by atoms with Crippen LogP contribution in [0.4, 0.5) is 0 Å². The van der Waals surface area contributed by atoms with Crippen LogP contribution in [0, 0.1) is 0 Å². The number of fused-ring (bicyclic) bond motifs is 1. The Hall–Kier alpha value is -0.340. The van der Waals surface area contributed by atoms with Gasteiger partial charge in [-0.3, -0.25) is 4.79 Å². The van der Waals surface area contributed by atoms with Crippen molar-refractivity contribution in [3.8, 4) is 0 Å². The highest BCUT2D eigenvalue weighted by molar-refractivity contribution is 7.10. The van der Waals surface area contributed by atoms with Gasteiger partial charge in [0.05, 0.1) is 0 Å². The maximum atomic E-state index is 11.1. The summed E-state index contributed by atoms with van der Waals surface area (Å²) in [6, 6.07) is 0. The van der Waals surface area contributed by atoms with Crippen molar-refractivity contribution in [2.24, 2.45) is 0 Å². The number of thiophene rings is 1. The molecule has 1 aliphatic rings. The number of aryl methyl sites for hydroxylation is 1. The normalized spacial score (nSPS) is 16.4. The number of carbonyl (C=O) groups excluding carboxylic acids is 1. The molecule has 1 heterocycles. The Morgan fingerprint density at radius 1 is 1.31 bits per heavy atom. The number of hydrogen-bond acceptors (Lipinski definition) is 2. The first kappa shape index (κ1) is 9.22. The lowest BCUT2D eigenvalue weighted by molar-refractivity contribution is 0.108. The molecule has 13 heavy (non-hydrogen) atoms. The highest BCUT2D eigenvalue weighted by Gasteiger charge is 2.17. The van der Waals surface area contributed by atoms with Crippen molar-refractivity contribution < 1.29 is 4.79 Å². The molecule has 0 saturated heterocycles. The summed E-state index contributed by atoms with van der Waals surface area (Å²) < 4.78 is 0. The third kappa shape index (κ3) is 1.79. The first-order valence-electron chi connectivity index (χ1n) is 4.58. The highest BCUT2D eigenvalue weighted by Crippen LogP contribution is 2.30. The predicted molar refractivity (Wildman–Crippen MR) is 55.8 cm³/mol. The van der Waals surface area contributed by atoms with Gasteiger partial charge in [-0.15, -0.1) is 11.3 Å². The first-order valence-corrected chi connectivity index (χ1v) is 5.84. The molecule has 0 unspecified atom stereocenters. The van der Waals surface area contributed by atoms with Crippen LogP contribution in [0.3, 0.4) is 0 Å². The molecule has 1 nitrogen and oxygen atoms in total. The second kappa shape index (κ2) is 3.81. The van der Waals surface area contributed by atoms with Crippen molar-refractivity contribution in [2.75, 3.05) is 0 Å². The Balaban J connectivity index is 2.39. The zero-order valence-corrected chi connectivity index (χ0v) is 8.88. The summed E-state index contributed by atoms with van der Waals surface area (Å²) in [6.45, 7) is 0. The Labute approximate surface area is 86.7 Å². The van der Waals surface area contributed by atoms with E-state index in [2.05, 4.69) is 0 Å². The number of carbonyl (C=O) groups is 1. The fourth-order valence-electron chi connectivity index (χ4n) is 1.84. The Bertz CT molecular complexity index is 330. The average molecular weight is 215 g/mol. The summed E-state index contributed by atoms with van der Waals surface area (Å²) in [4.78, 5) is 12.4. The van der Waals surface area contributed by atoms with Gasteiger partial charge in [0.25, 0.3) is 5.24 Å². The summed E-state index contributed by atoms with van der Waals surface area (Å²) in [5, 5.41) is 1.62. The molecular formula is C10H11ClOS. The second-order valence-electron chi connectivity index (χ2n) is 3.39. The quantitative estimate of drug-likeness (QED) is 0.517. The summed E-state index contributed by atoms with van der Waals surface area (Å²) in [5.41, 5.74) is 1.98. The van der Waals surface area contributed by atoms with E-state index in [1.54, 1.807) is 11.3 Å². The van der Waals surface area contributed by atoms with Crippen molar-refractivity contribution in [3.05, 3.63) is 21.4 Å². The van der Waals surface area contributed by atoms with Crippen molar-refractivity contribution in [2.45, 2.75) is 32.1 Å². The van der Waals surface area contributed by atoms with Crippen molar-refractivity contribution in [1.29, 1.82) is 0 Å². The lowest BCUT2D eigenvalue weighted by Gasteiger charge is -1.98. The third-order valence-electron chi connectivity index (χ3n) is 2.52. The van der Waals surface area contributed by atoms with E-state index >= 15 is 0 Å². The molecule has 3 heteroatoms. The summed E-state index contributed by atoms with van der Waals surface area (Å²) in [7, 11) is 0. The summed E-state index contributed by atoms with van der Waals surface area (Å²) >= 11 is 7.19. The SMILES string of the molecule is O=C(Cl)c1csc2c1CCCCC2. The van der Waals surface area contributed by atoms with E-state index in [-0.39, 0.29) is 5.24 Å². The molecule has 0 atom stereocenters. The number of rotatable bonds is 1. The topological polar surface area (TPSA) is 17.1 Å². The molecular weight excluding hydrogens is 204 g/mol. The molecule has 0 amide bonds. The van der Waals surface area contributed by atoms with Crippen molar-refractivity contribution in [3.63, 3.8) is 0 Å². The van der Waals surface area contributed by atoms with Gasteiger partial charge in [-0.05, 0) is 42.8 Å². The highest BCUT2D eigenvalue weighted by atomic mass is 35.5. The fraction of sp³-hybridized carbons (Fsp3) is 0.500. The Morgan fingerprint density at radius 3 is 2.85 bits per heavy atom. The van der Waals surface area contributed by atoms with Gasteiger partial charge in [0.1, 0.15) is 0 Å². The molecule has 1 aliphatic carbocycles. The molecule has 0 N–H and O–H groups in total. The molecule has 2 rings (SSSR count). The van der Waals surface area contributed by atoms with Crippen LogP contribution in [0.2, 0.25) is 0 Å². The lowest BCUT2D eigenvalue weighted by Crippen LogP contribution is -1.94. The van der Waals surface area contributed by atoms with Gasteiger partial charge in [0, 0.05) is 15.8 Å². The van der Waals surface area contributed by atoms with Gasteiger partial charge < -0.3 is 0 Å². The van der Waals surface area contributed by atoms with E-state index in [0.717, 1.165) is 18.4 Å². The summed E-state index contributed by atoms with van der Waals surface area (Å²) in [6.07, 6.45) is 5.89. The van der Waals surface area contributed by atoms with Gasteiger partial charge in [-0.1, -0.05) is 6.42 Å². The molecule has 0 fully saturated rings. The molecule has 0 bridgehead atoms. The van der Waals surface area contributed by atoms with E-state index in [9.17, 15) is 4.79 Å². The molecule has 1 aromatic heterocycles. The molecule has 0 spiro atoms. The summed E-state index contributed by atoms with van der Waals surface area (Å²) in [5.74, 6) is 0. The number of hydrogen-bond donors (Lipinski definition) is 0. The largest absolute Gasteiger partial charge is 0.276 e. The van der Waals surface area contributed by atoms with E-state index in [0.29, 0.717) is 0 Å². The molecule has 70 valence electrons. The third-order valence-corrected chi connectivity index (χ3v) is 3.82. The first-order chi connectivity index (χ1) is 6.29. The maximum absolute atomic E-state index is 11.1. The predicted octanol–water partition coefficient (Wildman–Crippen LogP) is 3.40. The average Bonchev–Trinajstić information content (AvgIpc) is 2.36. The van der Waals surface area contributed by atoms with Crippen LogP contribution in [0.15, 0.2) is 5.38 Å². The maximum Gasteiger partial charge on any atom is 0.253 e. The zero-order chi connectivity index (χ0) is 9.26. The van der Waals surface area contributed by atoms with Crippen LogP contribution >= 0.6 is 22.9 Å². The standard InChI is InChI=1S/C10H11ClOS/c11-10(12)8-6-13-9-5-3-1-2-4-7(8)9/h6H,1-5H2. The van der Waals surface area contributed by atoms with E-state index in [4.69, 9.17) is 11.6 Å². The van der Waals surface area contributed by atoms with Crippen molar-refractivity contribution in [1.82, 2.24) is 0 Å². The Morgan fingerprint density at radius 2 is 2.08 bits per heavy atom. The van der Waals surface area contributed by atoms with Crippen molar-refractivity contribution >= 4 is 28.2 Å². The molecule has 0 saturated carbocycles. The minimum Gasteiger partial charge on any atom is -0.276 e. The van der Waals surface area contributed by atoms with Gasteiger partial charge in [0.2, 0.25) is 0 Å². The van der Waals surface area contributed by atoms with Gasteiger partial charge in [0.15, 0.2) is 0 Å². The van der Waals surface area contributed by atoms with Crippen LogP contribution in [0.1, 0.15) is 40.1 Å². The lowest BCUT2D eigenvalue weighted by atomic mass is 10.1. The fourth-order valence-corrected chi connectivity index (χ4v) is 3.19. The van der Waals surface area contributed by atoms with Gasteiger partial charge in [-0.25, -0.2) is 0 Å². The molecule has 0 aromatic carbocycles. The smallest absolute Gasteiger partial charge is 0.253 e. The monoisotopic (exact) mass is 214 g/mol. The van der Waals surface area contributed by atoms with E-state index < -0.39 is 0 Å². The zero-order valence-electron chi connectivity index (χ0n) is 7.31. The number of halogens is 1. The Kier molecular flexibility index (Phi) is 2.70. The van der Waals surface area contributed by atoms with E-state index in [1.165, 1.54) is 29.7 Å². The van der Waals surface area contributed by atoms with Gasteiger partial charge in [-0.2, -0.15) is 0 Å². The van der Waals surface area contributed by atoms with Crippen LogP contribution in [-0.4, -0.2) is 5.24 Å². The second-order valence-corrected chi connectivity index (χ2v) is 4.69. The molecule has 0 aliphatic heterocycles. The minimum absolute atomic E-state index is 0.292. The van der Waals surface area contributed by atoms with Gasteiger partial charge >= 0.3 is 0 Å². The van der Waals surface area contributed by atoms with E-state index in [1.807, 2.05) is 5.38 Å². The minimum atomic E-state index is -0.292. The molecule has 0 radical (unpaired) electrons. The van der Waals surface area contributed by atoms with Crippen LogP contribution < -0.4 is 0 Å². The molecule has 1 aromatic rings.